The lowest BCUT2D eigenvalue weighted by Crippen LogP contribution is -2.40. The number of fused-ring (bicyclic) bond motifs is 1. The summed E-state index contributed by atoms with van der Waals surface area (Å²) < 4.78 is 7.01. The van der Waals surface area contributed by atoms with E-state index in [0.29, 0.717) is 19.6 Å². The van der Waals surface area contributed by atoms with Crippen molar-refractivity contribution in [3.8, 4) is 17.1 Å². The minimum Gasteiger partial charge on any atom is -0.497 e. The molecular formula is C20H23N5O2. The molecule has 1 aromatic carbocycles. The summed E-state index contributed by atoms with van der Waals surface area (Å²) in [5.74, 6) is 1.69. The molecule has 1 N–H and O–H groups in total. The van der Waals surface area contributed by atoms with Crippen LogP contribution in [0.3, 0.4) is 0 Å². The first-order valence-electron chi connectivity index (χ1n) is 9.12. The SMILES string of the molecule is COc1ccc(-c2nc3c([nH]2)CN(C(=O)C(C)Cn2cccn2)CC3)cc1. The highest BCUT2D eigenvalue weighted by atomic mass is 16.5. The number of nitrogens with one attached hydrogen (secondary N) is 1. The van der Waals surface area contributed by atoms with Gasteiger partial charge in [0.05, 0.1) is 37.5 Å². The Morgan fingerprint density at radius 3 is 2.85 bits per heavy atom. The third-order valence-electron chi connectivity index (χ3n) is 4.95. The maximum atomic E-state index is 12.8. The van der Waals surface area contributed by atoms with Gasteiger partial charge in [0, 0.05) is 30.9 Å². The maximum Gasteiger partial charge on any atom is 0.227 e. The minimum absolute atomic E-state index is 0.115. The van der Waals surface area contributed by atoms with Crippen LogP contribution in [0.5, 0.6) is 5.75 Å². The van der Waals surface area contributed by atoms with Crippen molar-refractivity contribution in [1.29, 1.82) is 0 Å². The standard InChI is InChI=1S/C20H23N5O2/c1-14(12-25-10-3-9-21-25)20(26)24-11-8-17-18(13-24)23-19(22-17)15-4-6-16(27-2)7-5-15/h3-7,9-10,14H,8,11-13H2,1-2H3,(H,22,23). The Morgan fingerprint density at radius 1 is 1.33 bits per heavy atom. The molecule has 0 aliphatic carbocycles. The molecule has 0 saturated heterocycles. The number of ether oxygens (including phenoxy) is 1. The lowest BCUT2D eigenvalue weighted by atomic mass is 10.1. The number of aromatic nitrogens is 4. The molecule has 7 nitrogen and oxygen atoms in total. The van der Waals surface area contributed by atoms with Crippen molar-refractivity contribution in [1.82, 2.24) is 24.6 Å². The summed E-state index contributed by atoms with van der Waals surface area (Å²) in [6.07, 6.45) is 4.38. The number of hydrogen-bond acceptors (Lipinski definition) is 4. The number of benzene rings is 1. The Kier molecular flexibility index (Phi) is 4.66. The van der Waals surface area contributed by atoms with Crippen molar-refractivity contribution < 1.29 is 9.53 Å². The quantitative estimate of drug-likeness (QED) is 0.754. The molecular weight excluding hydrogens is 342 g/mol. The predicted octanol–water partition coefficient (Wildman–Crippen LogP) is 2.50. The molecule has 140 valence electrons. The van der Waals surface area contributed by atoms with Gasteiger partial charge in [-0.25, -0.2) is 4.98 Å². The van der Waals surface area contributed by atoms with Gasteiger partial charge in [-0.2, -0.15) is 5.10 Å². The fourth-order valence-electron chi connectivity index (χ4n) is 3.45. The van der Waals surface area contributed by atoms with Crippen LogP contribution in [0.1, 0.15) is 18.3 Å². The third-order valence-corrected chi connectivity index (χ3v) is 4.95. The normalized spacial score (nSPS) is 14.7. The van der Waals surface area contributed by atoms with Crippen LogP contribution >= 0.6 is 0 Å². The molecule has 3 aromatic rings. The van der Waals surface area contributed by atoms with Crippen LogP contribution in [0.2, 0.25) is 0 Å². The van der Waals surface area contributed by atoms with Gasteiger partial charge in [-0.15, -0.1) is 0 Å². The first-order chi connectivity index (χ1) is 13.1. The molecule has 3 heterocycles. The van der Waals surface area contributed by atoms with Crippen LogP contribution < -0.4 is 4.74 Å². The summed E-state index contributed by atoms with van der Waals surface area (Å²) in [6.45, 7) is 3.81. The molecule has 1 amide bonds. The van der Waals surface area contributed by atoms with E-state index in [4.69, 9.17) is 9.72 Å². The number of carbonyl (C=O) groups is 1. The molecule has 0 bridgehead atoms. The molecule has 1 aliphatic rings. The summed E-state index contributed by atoms with van der Waals surface area (Å²) in [5.41, 5.74) is 3.08. The molecule has 4 rings (SSSR count). The van der Waals surface area contributed by atoms with Crippen molar-refractivity contribution in [2.75, 3.05) is 13.7 Å². The lowest BCUT2D eigenvalue weighted by Gasteiger charge is -2.28. The Balaban J connectivity index is 1.46. The van der Waals surface area contributed by atoms with Crippen LogP contribution in [-0.2, 0) is 24.3 Å². The number of imidazole rings is 1. The van der Waals surface area contributed by atoms with E-state index < -0.39 is 0 Å². The molecule has 27 heavy (non-hydrogen) atoms. The molecule has 0 fully saturated rings. The van der Waals surface area contributed by atoms with Gasteiger partial charge in [0.1, 0.15) is 11.6 Å². The van der Waals surface area contributed by atoms with Gasteiger partial charge < -0.3 is 14.6 Å². The number of methoxy groups -OCH3 is 1. The molecule has 1 aliphatic heterocycles. The van der Waals surface area contributed by atoms with Crippen molar-refractivity contribution in [2.45, 2.75) is 26.4 Å². The fourth-order valence-corrected chi connectivity index (χ4v) is 3.45. The van der Waals surface area contributed by atoms with Crippen LogP contribution in [-0.4, -0.2) is 44.2 Å². The average Bonchev–Trinajstić information content (AvgIpc) is 3.36. The number of hydrogen-bond donors (Lipinski definition) is 1. The second-order valence-corrected chi connectivity index (χ2v) is 6.88. The van der Waals surface area contributed by atoms with Crippen LogP contribution in [0.15, 0.2) is 42.7 Å². The summed E-state index contributed by atoms with van der Waals surface area (Å²) in [4.78, 5) is 22.8. The first-order valence-corrected chi connectivity index (χ1v) is 9.12. The molecule has 0 saturated carbocycles. The van der Waals surface area contributed by atoms with E-state index in [-0.39, 0.29) is 11.8 Å². The van der Waals surface area contributed by atoms with Gasteiger partial charge in [0.25, 0.3) is 0 Å². The number of rotatable bonds is 5. The van der Waals surface area contributed by atoms with E-state index in [9.17, 15) is 4.79 Å². The van der Waals surface area contributed by atoms with E-state index in [1.54, 1.807) is 18.0 Å². The van der Waals surface area contributed by atoms with E-state index in [2.05, 4.69) is 10.1 Å². The number of amides is 1. The van der Waals surface area contributed by atoms with Crippen molar-refractivity contribution in [2.24, 2.45) is 5.92 Å². The zero-order valence-electron chi connectivity index (χ0n) is 15.6. The lowest BCUT2D eigenvalue weighted by molar-refractivity contribution is -0.136. The molecule has 0 spiro atoms. The summed E-state index contributed by atoms with van der Waals surface area (Å²) in [5, 5.41) is 4.19. The van der Waals surface area contributed by atoms with Gasteiger partial charge in [-0.1, -0.05) is 6.92 Å². The van der Waals surface area contributed by atoms with E-state index >= 15 is 0 Å². The second-order valence-electron chi connectivity index (χ2n) is 6.88. The Bertz CT molecular complexity index is 915. The zero-order valence-corrected chi connectivity index (χ0v) is 15.6. The van der Waals surface area contributed by atoms with Crippen LogP contribution in [0.25, 0.3) is 11.4 Å². The van der Waals surface area contributed by atoms with Gasteiger partial charge in [0.15, 0.2) is 0 Å². The zero-order chi connectivity index (χ0) is 18.8. The van der Waals surface area contributed by atoms with Crippen molar-refractivity contribution in [3.63, 3.8) is 0 Å². The minimum atomic E-state index is -0.115. The number of carbonyl (C=O) groups excluding carboxylic acids is 1. The van der Waals surface area contributed by atoms with Crippen molar-refractivity contribution >= 4 is 5.91 Å². The monoisotopic (exact) mass is 365 g/mol. The predicted molar refractivity (Wildman–Crippen MR) is 101 cm³/mol. The molecule has 1 atom stereocenters. The average molecular weight is 365 g/mol. The highest BCUT2D eigenvalue weighted by Gasteiger charge is 2.27. The third kappa shape index (κ3) is 3.58. The molecule has 0 radical (unpaired) electrons. The van der Waals surface area contributed by atoms with Crippen LogP contribution in [0.4, 0.5) is 0 Å². The van der Waals surface area contributed by atoms with Gasteiger partial charge in [0.2, 0.25) is 5.91 Å². The topological polar surface area (TPSA) is 76.0 Å². The highest BCUT2D eigenvalue weighted by molar-refractivity contribution is 5.78. The second kappa shape index (κ2) is 7.26. The Labute approximate surface area is 158 Å². The summed E-state index contributed by atoms with van der Waals surface area (Å²) >= 11 is 0. The summed E-state index contributed by atoms with van der Waals surface area (Å²) in [7, 11) is 1.65. The van der Waals surface area contributed by atoms with E-state index in [0.717, 1.165) is 34.9 Å². The maximum absolute atomic E-state index is 12.8. The van der Waals surface area contributed by atoms with Crippen LogP contribution in [0, 0.1) is 5.92 Å². The smallest absolute Gasteiger partial charge is 0.227 e. The molecule has 7 heteroatoms. The Hall–Kier alpha value is -3.09. The number of nitrogens with zero attached hydrogens (tertiary/aromatic N) is 4. The first kappa shape index (κ1) is 17.3. The largest absolute Gasteiger partial charge is 0.497 e. The highest BCUT2D eigenvalue weighted by Crippen LogP contribution is 2.25. The van der Waals surface area contributed by atoms with E-state index in [1.165, 1.54) is 0 Å². The summed E-state index contributed by atoms with van der Waals surface area (Å²) in [6, 6.07) is 9.68. The van der Waals surface area contributed by atoms with Gasteiger partial charge in [-0.3, -0.25) is 9.48 Å². The Morgan fingerprint density at radius 2 is 2.15 bits per heavy atom. The van der Waals surface area contributed by atoms with Gasteiger partial charge >= 0.3 is 0 Å². The van der Waals surface area contributed by atoms with Crippen molar-refractivity contribution in [3.05, 3.63) is 54.1 Å². The fraction of sp³-hybridized carbons (Fsp3) is 0.350. The molecule has 1 unspecified atom stereocenters. The molecule has 2 aromatic heterocycles. The number of H-pyrrole nitrogens is 1. The number of aromatic amines is 1. The van der Waals surface area contributed by atoms with Gasteiger partial charge in [-0.05, 0) is 30.3 Å². The van der Waals surface area contributed by atoms with E-state index in [1.807, 2.05) is 48.4 Å².